The van der Waals surface area contributed by atoms with Crippen LogP contribution in [0.25, 0.3) is 0 Å². The maximum atomic E-state index is 12.7. The van der Waals surface area contributed by atoms with Gasteiger partial charge < -0.3 is 25.4 Å². The highest BCUT2D eigenvalue weighted by Crippen LogP contribution is 2.30. The topological polar surface area (TPSA) is 108 Å². The van der Waals surface area contributed by atoms with Crippen molar-refractivity contribution in [2.45, 2.75) is 51.2 Å². The normalized spacial score (nSPS) is 19.6. The Morgan fingerprint density at radius 1 is 1.00 bits per heavy atom. The van der Waals surface area contributed by atoms with Gasteiger partial charge in [0.05, 0.1) is 0 Å². The Kier molecular flexibility index (Phi) is 7.57. The monoisotopic (exact) mass is 485 g/mol. The van der Waals surface area contributed by atoms with E-state index in [1.54, 1.807) is 29.2 Å². The summed E-state index contributed by atoms with van der Waals surface area (Å²) in [6, 6.07) is 12.2. The Balaban J connectivity index is 1.27. The van der Waals surface area contributed by atoms with Crippen LogP contribution in [0.15, 0.2) is 42.5 Å². The Morgan fingerprint density at radius 3 is 2.44 bits per heavy atom. The summed E-state index contributed by atoms with van der Waals surface area (Å²) < 4.78 is 5.71. The fourth-order valence-electron chi connectivity index (χ4n) is 4.56. The van der Waals surface area contributed by atoms with Gasteiger partial charge in [0, 0.05) is 35.9 Å². The Morgan fingerprint density at radius 2 is 1.74 bits per heavy atom. The predicted molar refractivity (Wildman–Crippen MR) is 129 cm³/mol. The number of ether oxygens (including phenoxy) is 1. The number of hydrogen-bond acceptors (Lipinski definition) is 4. The van der Waals surface area contributed by atoms with E-state index < -0.39 is 5.97 Å². The number of anilines is 2. The lowest BCUT2D eigenvalue weighted by Crippen LogP contribution is -2.39. The highest BCUT2D eigenvalue weighted by atomic mass is 35.5. The first kappa shape index (κ1) is 23.9. The number of urea groups is 1. The number of carboxylic acids is 1. The number of benzene rings is 2. The van der Waals surface area contributed by atoms with Crippen molar-refractivity contribution >= 4 is 41.1 Å². The molecule has 1 heterocycles. The molecule has 3 amide bonds. The SMILES string of the molecule is O=C(O)CC1CCC(OC(=O)N2CCc3cc(NC(=O)Nc4cccc(Cl)c4)ccc3C2)CC1. The van der Waals surface area contributed by atoms with E-state index in [9.17, 15) is 14.4 Å². The molecule has 0 atom stereocenters. The van der Waals surface area contributed by atoms with Gasteiger partial charge in [-0.15, -0.1) is 0 Å². The molecular formula is C25H28ClN3O5. The van der Waals surface area contributed by atoms with Gasteiger partial charge in [0.15, 0.2) is 0 Å². The number of carbonyl (C=O) groups excluding carboxylic acids is 2. The fourth-order valence-corrected chi connectivity index (χ4v) is 4.75. The Bertz CT molecular complexity index is 1070. The van der Waals surface area contributed by atoms with Gasteiger partial charge in [-0.25, -0.2) is 9.59 Å². The molecule has 1 saturated carbocycles. The first-order chi connectivity index (χ1) is 16.4. The average molecular weight is 486 g/mol. The summed E-state index contributed by atoms with van der Waals surface area (Å²) in [5.41, 5.74) is 3.38. The highest BCUT2D eigenvalue weighted by Gasteiger charge is 2.28. The molecule has 2 aliphatic rings. The van der Waals surface area contributed by atoms with Gasteiger partial charge in [-0.05, 0) is 79.5 Å². The molecule has 4 rings (SSSR count). The van der Waals surface area contributed by atoms with Gasteiger partial charge in [0.1, 0.15) is 6.10 Å². The summed E-state index contributed by atoms with van der Waals surface area (Å²) in [6.07, 6.45) is 3.34. The van der Waals surface area contributed by atoms with E-state index in [-0.39, 0.29) is 30.6 Å². The zero-order valence-corrected chi connectivity index (χ0v) is 19.5. The van der Waals surface area contributed by atoms with Crippen LogP contribution in [0, 0.1) is 5.92 Å². The molecule has 180 valence electrons. The average Bonchev–Trinajstić information content (AvgIpc) is 2.79. The van der Waals surface area contributed by atoms with E-state index in [0.717, 1.165) is 24.0 Å². The second kappa shape index (κ2) is 10.8. The van der Waals surface area contributed by atoms with Crippen LogP contribution in [0.5, 0.6) is 0 Å². The van der Waals surface area contributed by atoms with Gasteiger partial charge in [0.25, 0.3) is 0 Å². The number of hydrogen-bond donors (Lipinski definition) is 3. The minimum atomic E-state index is -0.771. The largest absolute Gasteiger partial charge is 0.481 e. The second-order valence-electron chi connectivity index (χ2n) is 8.87. The van der Waals surface area contributed by atoms with Crippen molar-refractivity contribution in [1.29, 1.82) is 0 Å². The first-order valence-electron chi connectivity index (χ1n) is 11.5. The summed E-state index contributed by atoms with van der Waals surface area (Å²) in [5, 5.41) is 15.1. The quantitative estimate of drug-likeness (QED) is 0.517. The van der Waals surface area contributed by atoms with E-state index >= 15 is 0 Å². The van der Waals surface area contributed by atoms with Crippen LogP contribution in [0.4, 0.5) is 21.0 Å². The molecule has 34 heavy (non-hydrogen) atoms. The molecule has 3 N–H and O–H groups in total. The standard InChI is InChI=1S/C25H28ClN3O5/c26-19-2-1-3-20(14-19)27-24(32)28-21-7-6-18-15-29(11-10-17(18)13-21)25(33)34-22-8-4-16(5-9-22)12-23(30)31/h1-3,6-7,13-14,16,22H,4-5,8-12,15H2,(H,30,31)(H2,27,28,32). The van der Waals surface area contributed by atoms with Gasteiger partial charge >= 0.3 is 18.1 Å². The van der Waals surface area contributed by atoms with Crippen molar-refractivity contribution in [3.8, 4) is 0 Å². The Labute approximate surface area is 203 Å². The van der Waals surface area contributed by atoms with E-state index in [0.29, 0.717) is 48.7 Å². The van der Waals surface area contributed by atoms with Gasteiger partial charge in [-0.3, -0.25) is 4.79 Å². The third-order valence-electron chi connectivity index (χ3n) is 6.34. The lowest BCUT2D eigenvalue weighted by atomic mass is 9.85. The number of aliphatic carboxylic acids is 1. The highest BCUT2D eigenvalue weighted by molar-refractivity contribution is 6.30. The van der Waals surface area contributed by atoms with Crippen LogP contribution in [-0.4, -0.2) is 40.7 Å². The second-order valence-corrected chi connectivity index (χ2v) is 9.31. The fraction of sp³-hybridized carbons (Fsp3) is 0.400. The number of carbonyl (C=O) groups is 3. The minimum absolute atomic E-state index is 0.150. The van der Waals surface area contributed by atoms with E-state index in [4.69, 9.17) is 21.4 Å². The van der Waals surface area contributed by atoms with Crippen LogP contribution in [-0.2, 0) is 22.5 Å². The van der Waals surface area contributed by atoms with Crippen LogP contribution >= 0.6 is 11.6 Å². The van der Waals surface area contributed by atoms with Gasteiger partial charge in [-0.2, -0.15) is 0 Å². The zero-order valence-electron chi connectivity index (χ0n) is 18.8. The zero-order chi connectivity index (χ0) is 24.1. The number of nitrogens with zero attached hydrogens (tertiary/aromatic N) is 1. The summed E-state index contributed by atoms with van der Waals surface area (Å²) in [4.78, 5) is 37.6. The molecule has 0 unspecified atom stereocenters. The molecule has 2 aromatic rings. The van der Waals surface area contributed by atoms with Crippen molar-refractivity contribution in [2.75, 3.05) is 17.2 Å². The number of amides is 3. The molecule has 8 nitrogen and oxygen atoms in total. The molecular weight excluding hydrogens is 458 g/mol. The maximum Gasteiger partial charge on any atom is 0.410 e. The smallest absolute Gasteiger partial charge is 0.410 e. The number of carboxylic acid groups (broad SMARTS) is 1. The van der Waals surface area contributed by atoms with E-state index in [2.05, 4.69) is 10.6 Å². The van der Waals surface area contributed by atoms with Crippen LogP contribution in [0.3, 0.4) is 0 Å². The van der Waals surface area contributed by atoms with Crippen molar-refractivity contribution in [3.05, 3.63) is 58.6 Å². The van der Waals surface area contributed by atoms with E-state index in [1.807, 2.05) is 18.2 Å². The molecule has 2 aromatic carbocycles. The molecule has 0 radical (unpaired) electrons. The van der Waals surface area contributed by atoms with Crippen molar-refractivity contribution in [3.63, 3.8) is 0 Å². The lowest BCUT2D eigenvalue weighted by Gasteiger charge is -2.32. The Hall–Kier alpha value is -3.26. The molecule has 0 spiro atoms. The van der Waals surface area contributed by atoms with Gasteiger partial charge in [-0.1, -0.05) is 23.7 Å². The maximum absolute atomic E-state index is 12.7. The van der Waals surface area contributed by atoms with Crippen LogP contribution < -0.4 is 10.6 Å². The number of fused-ring (bicyclic) bond motifs is 1. The van der Waals surface area contributed by atoms with Crippen molar-refractivity contribution in [2.24, 2.45) is 5.92 Å². The molecule has 0 bridgehead atoms. The third-order valence-corrected chi connectivity index (χ3v) is 6.58. The molecule has 1 aliphatic carbocycles. The molecule has 1 fully saturated rings. The minimum Gasteiger partial charge on any atom is -0.481 e. The molecule has 9 heteroatoms. The summed E-state index contributed by atoms with van der Waals surface area (Å²) >= 11 is 5.95. The van der Waals surface area contributed by atoms with Crippen LogP contribution in [0.2, 0.25) is 5.02 Å². The number of nitrogens with one attached hydrogen (secondary N) is 2. The van der Waals surface area contributed by atoms with Crippen LogP contribution in [0.1, 0.15) is 43.2 Å². The predicted octanol–water partition coefficient (Wildman–Crippen LogP) is 5.51. The summed E-state index contributed by atoms with van der Waals surface area (Å²) in [7, 11) is 0. The summed E-state index contributed by atoms with van der Waals surface area (Å²) in [5.74, 6) is -0.600. The molecule has 0 saturated heterocycles. The first-order valence-corrected chi connectivity index (χ1v) is 11.9. The van der Waals surface area contributed by atoms with Crippen molar-refractivity contribution in [1.82, 2.24) is 4.90 Å². The third kappa shape index (κ3) is 6.41. The number of halogens is 1. The van der Waals surface area contributed by atoms with E-state index in [1.165, 1.54) is 0 Å². The summed E-state index contributed by atoms with van der Waals surface area (Å²) in [6.45, 7) is 0.996. The molecule has 1 aliphatic heterocycles. The van der Waals surface area contributed by atoms with Crippen molar-refractivity contribution < 1.29 is 24.2 Å². The van der Waals surface area contributed by atoms with Gasteiger partial charge in [0.2, 0.25) is 0 Å². The molecule has 0 aromatic heterocycles. The lowest BCUT2D eigenvalue weighted by molar-refractivity contribution is -0.138. The number of rotatable bonds is 5.